The van der Waals surface area contributed by atoms with Crippen LogP contribution in [-0.2, 0) is 0 Å². The topological polar surface area (TPSA) is 67.6 Å². The molecule has 0 unspecified atom stereocenters. The highest BCUT2D eigenvalue weighted by atomic mass is 16.6. The summed E-state index contributed by atoms with van der Waals surface area (Å²) < 4.78 is 17.5. The predicted octanol–water partition coefficient (Wildman–Crippen LogP) is 3.61. The van der Waals surface area contributed by atoms with Gasteiger partial charge in [-0.25, -0.2) is 4.98 Å². The summed E-state index contributed by atoms with van der Waals surface area (Å²) in [7, 11) is 0. The van der Waals surface area contributed by atoms with Gasteiger partial charge in [-0.05, 0) is 31.7 Å². The summed E-state index contributed by atoms with van der Waals surface area (Å²) in [6.45, 7) is 2.05. The van der Waals surface area contributed by atoms with Gasteiger partial charge >= 0.3 is 0 Å². The second-order valence-corrected chi connectivity index (χ2v) is 7.19. The molecule has 1 atom stereocenters. The lowest BCUT2D eigenvalue weighted by Gasteiger charge is -2.29. The number of benzene rings is 1. The molecular formula is C21H21N3O3. The average molecular weight is 363 g/mol. The van der Waals surface area contributed by atoms with Crippen LogP contribution in [-0.4, -0.2) is 30.8 Å². The van der Waals surface area contributed by atoms with E-state index in [1.165, 1.54) is 0 Å². The van der Waals surface area contributed by atoms with Gasteiger partial charge in [0.2, 0.25) is 0 Å². The monoisotopic (exact) mass is 363 g/mol. The van der Waals surface area contributed by atoms with E-state index in [0.717, 1.165) is 55.1 Å². The van der Waals surface area contributed by atoms with E-state index in [0.29, 0.717) is 24.5 Å². The molecule has 1 saturated carbocycles. The van der Waals surface area contributed by atoms with Crippen LogP contribution in [0.1, 0.15) is 42.9 Å². The van der Waals surface area contributed by atoms with E-state index in [1.54, 1.807) is 6.20 Å². The largest absolute Gasteiger partial charge is 0.487 e. The van der Waals surface area contributed by atoms with Crippen LogP contribution in [0.25, 0.3) is 0 Å². The summed E-state index contributed by atoms with van der Waals surface area (Å²) >= 11 is 0. The van der Waals surface area contributed by atoms with Gasteiger partial charge in [0.1, 0.15) is 25.1 Å². The number of ether oxygens (including phenoxy) is 3. The fraction of sp³-hybridized carbons (Fsp3) is 0.429. The Morgan fingerprint density at radius 2 is 2.07 bits per heavy atom. The van der Waals surface area contributed by atoms with Gasteiger partial charge in [0.15, 0.2) is 17.2 Å². The molecule has 2 aromatic rings. The van der Waals surface area contributed by atoms with E-state index in [-0.39, 0.29) is 12.1 Å². The minimum atomic E-state index is 0.163. The summed E-state index contributed by atoms with van der Waals surface area (Å²) in [6.07, 6.45) is 6.14. The van der Waals surface area contributed by atoms with E-state index in [2.05, 4.69) is 22.0 Å². The van der Waals surface area contributed by atoms with Gasteiger partial charge in [0.25, 0.3) is 0 Å². The number of rotatable bonds is 4. The van der Waals surface area contributed by atoms with Crippen LogP contribution in [0.5, 0.6) is 17.2 Å². The lowest BCUT2D eigenvalue weighted by atomic mass is 10.0. The van der Waals surface area contributed by atoms with Crippen molar-refractivity contribution in [2.24, 2.45) is 0 Å². The molecule has 5 rings (SSSR count). The smallest absolute Gasteiger partial charge is 0.166 e. The highest BCUT2D eigenvalue weighted by Crippen LogP contribution is 2.44. The third kappa shape index (κ3) is 3.03. The quantitative estimate of drug-likeness (QED) is 0.827. The Bertz CT molecular complexity index is 904. The lowest BCUT2D eigenvalue weighted by Crippen LogP contribution is -2.25. The molecule has 0 radical (unpaired) electrons. The summed E-state index contributed by atoms with van der Waals surface area (Å²) in [5.74, 6) is 3.05. The molecule has 3 heterocycles. The van der Waals surface area contributed by atoms with E-state index in [1.807, 2.05) is 18.2 Å². The maximum absolute atomic E-state index is 9.55. The fourth-order valence-corrected chi connectivity index (χ4v) is 3.86. The Morgan fingerprint density at radius 1 is 1.19 bits per heavy atom. The van der Waals surface area contributed by atoms with Crippen molar-refractivity contribution in [1.82, 2.24) is 4.98 Å². The highest BCUT2D eigenvalue weighted by Gasteiger charge is 2.32. The Morgan fingerprint density at radius 3 is 2.93 bits per heavy atom. The van der Waals surface area contributed by atoms with Crippen molar-refractivity contribution < 1.29 is 14.2 Å². The highest BCUT2D eigenvalue weighted by molar-refractivity contribution is 5.56. The van der Waals surface area contributed by atoms with Gasteiger partial charge in [-0.15, -0.1) is 0 Å². The van der Waals surface area contributed by atoms with Crippen LogP contribution < -0.4 is 19.1 Å². The molecule has 0 spiro atoms. The first-order chi connectivity index (χ1) is 13.3. The molecule has 2 aliphatic heterocycles. The van der Waals surface area contributed by atoms with Crippen molar-refractivity contribution in [1.29, 1.82) is 5.26 Å². The van der Waals surface area contributed by atoms with Gasteiger partial charge in [0, 0.05) is 18.2 Å². The minimum absolute atomic E-state index is 0.163. The van der Waals surface area contributed by atoms with Crippen LogP contribution in [0.4, 0.5) is 5.82 Å². The third-order valence-electron chi connectivity index (χ3n) is 5.29. The van der Waals surface area contributed by atoms with Crippen LogP contribution >= 0.6 is 0 Å². The average Bonchev–Trinajstić information content (AvgIpc) is 3.40. The number of hydrogen-bond donors (Lipinski definition) is 0. The van der Waals surface area contributed by atoms with Gasteiger partial charge in [-0.3, -0.25) is 0 Å². The van der Waals surface area contributed by atoms with Crippen LogP contribution in [0.2, 0.25) is 0 Å². The van der Waals surface area contributed by atoms with E-state index < -0.39 is 0 Å². The number of fused-ring (bicyclic) bond motifs is 1. The van der Waals surface area contributed by atoms with Gasteiger partial charge in [-0.2, -0.15) is 5.26 Å². The summed E-state index contributed by atoms with van der Waals surface area (Å²) in [5, 5.41) is 9.55. The molecular weight excluding hydrogens is 342 g/mol. The second-order valence-electron chi connectivity index (χ2n) is 7.19. The standard InChI is InChI=1S/C21H21N3O3/c22-12-14-11-20(23-13-19(14)27-15-6-7-15)24-8-2-4-17(24)16-3-1-5-18-21(16)26-10-9-25-18/h1,3,5,11,13,15,17H,2,4,6-10H2/t17-/m1/s1. The molecule has 1 aromatic heterocycles. The van der Waals surface area contributed by atoms with E-state index in [9.17, 15) is 5.26 Å². The number of aromatic nitrogens is 1. The Balaban J connectivity index is 1.47. The molecule has 27 heavy (non-hydrogen) atoms. The molecule has 3 aliphatic rings. The molecule has 0 amide bonds. The Hall–Kier alpha value is -2.94. The number of para-hydroxylation sites is 1. The zero-order valence-corrected chi connectivity index (χ0v) is 15.1. The van der Waals surface area contributed by atoms with Crippen molar-refractivity contribution in [2.45, 2.75) is 37.8 Å². The van der Waals surface area contributed by atoms with Crippen molar-refractivity contribution >= 4 is 5.82 Å². The molecule has 1 aromatic carbocycles. The Labute approximate surface area is 158 Å². The van der Waals surface area contributed by atoms with Gasteiger partial charge in [0.05, 0.1) is 23.9 Å². The predicted molar refractivity (Wildman–Crippen MR) is 99.4 cm³/mol. The molecule has 1 aliphatic carbocycles. The number of nitrogens with zero attached hydrogens (tertiary/aromatic N) is 3. The SMILES string of the molecule is N#Cc1cc(N2CCC[C@@H]2c2cccc3c2OCCO3)ncc1OC1CC1. The maximum Gasteiger partial charge on any atom is 0.166 e. The van der Waals surface area contributed by atoms with Gasteiger partial charge in [-0.1, -0.05) is 12.1 Å². The first-order valence-corrected chi connectivity index (χ1v) is 9.55. The third-order valence-corrected chi connectivity index (χ3v) is 5.29. The zero-order valence-electron chi connectivity index (χ0n) is 15.1. The number of nitriles is 1. The zero-order chi connectivity index (χ0) is 18.2. The first kappa shape index (κ1) is 16.2. The van der Waals surface area contributed by atoms with Crippen molar-refractivity contribution in [3.63, 3.8) is 0 Å². The normalized spacial score (nSPS) is 21.0. The Kier molecular flexibility index (Phi) is 4.01. The summed E-state index contributed by atoms with van der Waals surface area (Å²) in [4.78, 5) is 6.87. The fourth-order valence-electron chi connectivity index (χ4n) is 3.86. The van der Waals surface area contributed by atoms with Gasteiger partial charge < -0.3 is 19.1 Å². The minimum Gasteiger partial charge on any atom is -0.487 e. The summed E-state index contributed by atoms with van der Waals surface area (Å²) in [5.41, 5.74) is 1.68. The molecule has 1 saturated heterocycles. The molecule has 6 heteroatoms. The molecule has 0 N–H and O–H groups in total. The van der Waals surface area contributed by atoms with Crippen LogP contribution in [0.3, 0.4) is 0 Å². The lowest BCUT2D eigenvalue weighted by molar-refractivity contribution is 0.169. The molecule has 0 bridgehead atoms. The van der Waals surface area contributed by atoms with Crippen LogP contribution in [0.15, 0.2) is 30.5 Å². The second kappa shape index (κ2) is 6.66. The van der Waals surface area contributed by atoms with Crippen LogP contribution in [0, 0.1) is 11.3 Å². The van der Waals surface area contributed by atoms with E-state index >= 15 is 0 Å². The maximum atomic E-state index is 9.55. The van der Waals surface area contributed by atoms with Crippen molar-refractivity contribution in [3.8, 4) is 23.3 Å². The van der Waals surface area contributed by atoms with Crippen molar-refractivity contribution in [2.75, 3.05) is 24.7 Å². The number of hydrogen-bond acceptors (Lipinski definition) is 6. The molecule has 6 nitrogen and oxygen atoms in total. The molecule has 2 fully saturated rings. The van der Waals surface area contributed by atoms with E-state index in [4.69, 9.17) is 14.2 Å². The summed E-state index contributed by atoms with van der Waals surface area (Å²) in [6, 6.07) is 10.3. The van der Waals surface area contributed by atoms with Crippen molar-refractivity contribution in [3.05, 3.63) is 41.6 Å². The molecule has 138 valence electrons. The number of anilines is 1. The first-order valence-electron chi connectivity index (χ1n) is 9.55. The number of pyridine rings is 1.